The van der Waals surface area contributed by atoms with Gasteiger partial charge >= 0.3 is 0 Å². The number of rotatable bonds is 11. The summed E-state index contributed by atoms with van der Waals surface area (Å²) < 4.78 is 20.1. The summed E-state index contributed by atoms with van der Waals surface area (Å²) in [6, 6.07) is 21.6. The highest BCUT2D eigenvalue weighted by atomic mass is 19.1. The average Bonchev–Trinajstić information content (AvgIpc) is 3.89. The molecule has 6 heterocycles. The molecule has 1 aliphatic carbocycles. The molecule has 3 atom stereocenters. The van der Waals surface area contributed by atoms with Gasteiger partial charge in [0.05, 0.1) is 29.9 Å². The van der Waals surface area contributed by atoms with Gasteiger partial charge in [0, 0.05) is 75.2 Å². The lowest BCUT2D eigenvalue weighted by molar-refractivity contribution is -0.130. The zero-order chi connectivity index (χ0) is 38.0. The highest BCUT2D eigenvalue weighted by molar-refractivity contribution is 6.10. The van der Waals surface area contributed by atoms with Crippen LogP contribution in [0.5, 0.6) is 5.75 Å². The number of imidazole rings is 1. The quantitative estimate of drug-likeness (QED) is 0.165. The van der Waals surface area contributed by atoms with Crippen LogP contribution >= 0.6 is 0 Å². The molecule has 3 aromatic heterocycles. The number of hydrogen-bond donors (Lipinski definition) is 2. The number of aromatic hydroxyl groups is 1. The minimum Gasteiger partial charge on any atom is -0.508 e. The SMILES string of the molecule is CN(Cc1ccccn1)C(=O)CCc1nc2c(N3CC(N(C)C)C3)nc3c(F)c(-c4cc(O)cc5ccccc45)c(CCC#N)cc3c2n1[C@H]1[C@H]2CN[C@@H]1C2. The summed E-state index contributed by atoms with van der Waals surface area (Å²) in [5, 5.41) is 26.5. The molecule has 3 aromatic carbocycles. The molecule has 4 aliphatic rings. The van der Waals surface area contributed by atoms with Crippen molar-refractivity contribution in [3.8, 4) is 22.9 Å². The molecule has 1 amide bonds. The molecule has 3 aliphatic heterocycles. The molecule has 55 heavy (non-hydrogen) atoms. The number of benzene rings is 3. The van der Waals surface area contributed by atoms with Crippen LogP contribution in [0, 0.1) is 23.1 Å². The van der Waals surface area contributed by atoms with Crippen LogP contribution in [0.3, 0.4) is 0 Å². The first-order valence-electron chi connectivity index (χ1n) is 19.1. The van der Waals surface area contributed by atoms with Gasteiger partial charge in [-0.25, -0.2) is 14.4 Å². The van der Waals surface area contributed by atoms with Crippen molar-refractivity contribution in [2.24, 2.45) is 5.92 Å². The lowest BCUT2D eigenvalue weighted by Gasteiger charge is -2.43. The van der Waals surface area contributed by atoms with Crippen LogP contribution in [0.15, 0.2) is 66.9 Å². The molecule has 0 spiro atoms. The summed E-state index contributed by atoms with van der Waals surface area (Å²) in [5.74, 6) is 1.36. The third-order valence-electron chi connectivity index (χ3n) is 12.0. The number of likely N-dealkylation sites (N-methyl/N-ethyl adjacent to an activating group) is 1. The van der Waals surface area contributed by atoms with Crippen molar-refractivity contribution in [3.63, 3.8) is 0 Å². The summed E-state index contributed by atoms with van der Waals surface area (Å²) in [7, 11) is 5.93. The second-order valence-electron chi connectivity index (χ2n) is 15.6. The molecule has 4 fully saturated rings. The smallest absolute Gasteiger partial charge is 0.223 e. The first-order valence-corrected chi connectivity index (χ1v) is 19.1. The Balaban J connectivity index is 1.25. The Labute approximate surface area is 319 Å². The first kappa shape index (κ1) is 35.1. The number of phenolic OH excluding ortho intramolecular Hbond substituents is 1. The average molecular weight is 738 g/mol. The Bertz CT molecular complexity index is 2490. The van der Waals surface area contributed by atoms with Crippen molar-refractivity contribution in [1.29, 1.82) is 5.26 Å². The van der Waals surface area contributed by atoms with Gasteiger partial charge in [-0.2, -0.15) is 5.26 Å². The fraction of sp³-hybridized carbons (Fsp3) is 0.372. The van der Waals surface area contributed by atoms with Crippen molar-refractivity contribution in [2.75, 3.05) is 45.7 Å². The second kappa shape index (κ2) is 13.9. The number of hydrogen-bond acceptors (Lipinski definition) is 9. The number of nitrogens with zero attached hydrogens (tertiary/aromatic N) is 8. The van der Waals surface area contributed by atoms with E-state index in [4.69, 9.17) is 9.97 Å². The fourth-order valence-corrected chi connectivity index (χ4v) is 8.96. The topological polar surface area (TPSA) is 126 Å². The predicted molar refractivity (Wildman–Crippen MR) is 211 cm³/mol. The highest BCUT2D eigenvalue weighted by Gasteiger charge is 2.49. The Morgan fingerprint density at radius 1 is 1.04 bits per heavy atom. The molecule has 280 valence electrons. The van der Waals surface area contributed by atoms with Crippen LogP contribution in [0.25, 0.3) is 43.8 Å². The summed E-state index contributed by atoms with van der Waals surface area (Å²) in [4.78, 5) is 34.5. The normalized spacial score (nSPS) is 19.3. The van der Waals surface area contributed by atoms with Crippen molar-refractivity contribution < 1.29 is 14.3 Å². The van der Waals surface area contributed by atoms with E-state index in [2.05, 4.69) is 44.8 Å². The van der Waals surface area contributed by atoms with Gasteiger partial charge in [0.1, 0.15) is 22.6 Å². The molecule has 3 saturated heterocycles. The van der Waals surface area contributed by atoms with Gasteiger partial charge in [0.25, 0.3) is 0 Å². The van der Waals surface area contributed by atoms with E-state index in [1.54, 1.807) is 30.3 Å². The zero-order valence-corrected chi connectivity index (χ0v) is 31.3. The summed E-state index contributed by atoms with van der Waals surface area (Å²) in [6.45, 7) is 2.75. The number of phenols is 1. The molecule has 10 rings (SSSR count). The minimum absolute atomic E-state index is 0.00782. The van der Waals surface area contributed by atoms with Gasteiger partial charge in [-0.05, 0) is 85.1 Å². The monoisotopic (exact) mass is 737 g/mol. The van der Waals surface area contributed by atoms with Gasteiger partial charge in [0.15, 0.2) is 11.6 Å². The first-order chi connectivity index (χ1) is 26.7. The second-order valence-corrected chi connectivity index (χ2v) is 15.6. The number of nitrogens with one attached hydrogen (secondary N) is 1. The summed E-state index contributed by atoms with van der Waals surface area (Å²) in [6.07, 6.45) is 3.96. The largest absolute Gasteiger partial charge is 0.508 e. The number of aromatic nitrogens is 4. The van der Waals surface area contributed by atoms with Crippen LogP contribution in [0.4, 0.5) is 10.2 Å². The van der Waals surface area contributed by atoms with E-state index in [-0.39, 0.29) is 42.1 Å². The van der Waals surface area contributed by atoms with Crippen molar-refractivity contribution in [3.05, 3.63) is 89.8 Å². The lowest BCUT2D eigenvalue weighted by atomic mass is 9.79. The van der Waals surface area contributed by atoms with Gasteiger partial charge in [0.2, 0.25) is 5.91 Å². The van der Waals surface area contributed by atoms with Gasteiger partial charge in [-0.3, -0.25) is 9.78 Å². The van der Waals surface area contributed by atoms with E-state index in [0.717, 1.165) is 53.9 Å². The Hall–Kier alpha value is -5.64. The number of amides is 1. The number of halogens is 1. The maximum absolute atomic E-state index is 17.8. The van der Waals surface area contributed by atoms with Crippen molar-refractivity contribution >= 4 is 44.4 Å². The Morgan fingerprint density at radius 2 is 1.85 bits per heavy atom. The highest BCUT2D eigenvalue weighted by Crippen LogP contribution is 2.49. The van der Waals surface area contributed by atoms with E-state index >= 15 is 4.39 Å². The molecule has 12 heteroatoms. The van der Waals surface area contributed by atoms with Crippen LogP contribution in [0.2, 0.25) is 0 Å². The number of fused-ring (bicyclic) bond motifs is 5. The number of nitriles is 1. The number of pyridine rings is 2. The number of carbonyl (C=O) groups excluding carboxylic acids is 1. The molecular weight excluding hydrogens is 694 g/mol. The molecule has 2 N–H and O–H groups in total. The molecule has 11 nitrogen and oxygen atoms in total. The summed E-state index contributed by atoms with van der Waals surface area (Å²) in [5.41, 5.74) is 4.17. The molecule has 6 aromatic rings. The van der Waals surface area contributed by atoms with Gasteiger partial charge < -0.3 is 29.7 Å². The van der Waals surface area contributed by atoms with Gasteiger partial charge in [-0.15, -0.1) is 0 Å². The molecule has 0 radical (unpaired) electrons. The lowest BCUT2D eigenvalue weighted by Crippen LogP contribution is -2.57. The predicted octanol–water partition coefficient (Wildman–Crippen LogP) is 5.97. The van der Waals surface area contributed by atoms with Crippen molar-refractivity contribution in [2.45, 2.75) is 56.8 Å². The van der Waals surface area contributed by atoms with E-state index in [1.165, 1.54) is 0 Å². The van der Waals surface area contributed by atoms with Crippen LogP contribution in [-0.2, 0) is 24.2 Å². The molecular formula is C43H44FN9O2. The van der Waals surface area contributed by atoms with Crippen LogP contribution < -0.4 is 10.2 Å². The van der Waals surface area contributed by atoms with Crippen LogP contribution in [-0.4, -0.2) is 93.2 Å². The number of carbonyl (C=O) groups is 1. The van der Waals surface area contributed by atoms with E-state index in [9.17, 15) is 15.2 Å². The number of anilines is 1. The zero-order valence-electron chi connectivity index (χ0n) is 31.3. The Kier molecular flexibility index (Phi) is 8.86. The fourth-order valence-electron chi connectivity index (χ4n) is 8.96. The molecule has 2 bridgehead atoms. The summed E-state index contributed by atoms with van der Waals surface area (Å²) >= 11 is 0. The standard InChI is InChI=1S/C43H44FN9O2/c1-50(2)29-23-52(24-29)43-40-42(53(41-27-19-34(41)47-21-27)35(48-40)13-14-36(55)51(3)22-28-11-6-7-16-46-28)33-18-26(10-8-15-45)37(38(44)39(33)49-43)32-20-30(54)17-25-9-4-5-12-31(25)32/h4-7,9,11-12,16-18,20,27,29,34,41,47,54H,8,10,13-14,19,21-24H2,1-3H3/t27-,34-,41+/m1/s1. The maximum atomic E-state index is 17.8. The third-order valence-corrected chi connectivity index (χ3v) is 12.0. The molecule has 1 saturated carbocycles. The van der Waals surface area contributed by atoms with Crippen LogP contribution in [0.1, 0.15) is 42.4 Å². The van der Waals surface area contributed by atoms with Crippen molar-refractivity contribution in [1.82, 2.24) is 34.6 Å². The maximum Gasteiger partial charge on any atom is 0.223 e. The van der Waals surface area contributed by atoms with E-state index < -0.39 is 5.82 Å². The molecule has 0 unspecified atom stereocenters. The van der Waals surface area contributed by atoms with E-state index in [0.29, 0.717) is 64.8 Å². The van der Waals surface area contributed by atoms with E-state index in [1.807, 2.05) is 48.5 Å². The van der Waals surface area contributed by atoms with Gasteiger partial charge in [-0.1, -0.05) is 30.3 Å². The number of aryl methyl sites for hydroxylation is 2. The Morgan fingerprint density at radius 3 is 2.58 bits per heavy atom. The minimum atomic E-state index is -0.482. The third kappa shape index (κ3) is 6.02.